The molecule has 30 heavy (non-hydrogen) atoms. The minimum Gasteiger partial charge on any atom is -0.382 e. The van der Waals surface area contributed by atoms with E-state index >= 15 is 0 Å². The molecule has 0 unspecified atom stereocenters. The number of nitrogen functional groups attached to an aromatic ring is 1. The van der Waals surface area contributed by atoms with Crippen LogP contribution in [-0.2, 0) is 12.8 Å². The van der Waals surface area contributed by atoms with Crippen LogP contribution in [0.4, 0.5) is 5.82 Å². The van der Waals surface area contributed by atoms with Crippen molar-refractivity contribution >= 4 is 11.6 Å². The second-order valence-corrected chi connectivity index (χ2v) is 6.89. The fraction of sp³-hybridized carbons (Fsp3) is 0.182. The Balaban J connectivity index is 1.62. The Labute approximate surface area is 173 Å². The number of nitrogens with zero attached hydrogens (tertiary/aromatic N) is 6. The van der Waals surface area contributed by atoms with Crippen molar-refractivity contribution in [3.63, 3.8) is 0 Å². The van der Waals surface area contributed by atoms with Gasteiger partial charge in [0, 0.05) is 29.9 Å². The second-order valence-electron chi connectivity index (χ2n) is 6.89. The van der Waals surface area contributed by atoms with Gasteiger partial charge in [0.05, 0.1) is 30.0 Å². The predicted octanol–water partition coefficient (Wildman–Crippen LogP) is 3.08. The summed E-state index contributed by atoms with van der Waals surface area (Å²) in [4.78, 5) is 25.9. The highest BCUT2D eigenvalue weighted by Gasteiger charge is 2.18. The van der Waals surface area contributed by atoms with E-state index in [0.717, 1.165) is 24.1 Å². The van der Waals surface area contributed by atoms with E-state index in [4.69, 9.17) is 5.73 Å². The summed E-state index contributed by atoms with van der Waals surface area (Å²) in [5, 5.41) is 7.81. The van der Waals surface area contributed by atoms with E-state index in [9.17, 15) is 4.79 Å². The van der Waals surface area contributed by atoms with E-state index in [1.165, 1.54) is 5.56 Å². The number of aromatic nitrogens is 6. The number of Topliss-reactive ketones (excluding diaryl/α,β-unsaturated/α-hetero) is 1. The SMILES string of the molecule is CCCc1ccc(-c2cnc(N)c(C(=O)Cc3cnccc3-n3ccnn3)n2)cc1. The summed E-state index contributed by atoms with van der Waals surface area (Å²) < 4.78 is 1.59. The van der Waals surface area contributed by atoms with Crippen LogP contribution in [0.2, 0.25) is 0 Å². The van der Waals surface area contributed by atoms with Gasteiger partial charge in [-0.15, -0.1) is 5.10 Å². The van der Waals surface area contributed by atoms with E-state index in [-0.39, 0.29) is 23.7 Å². The highest BCUT2D eigenvalue weighted by atomic mass is 16.1. The van der Waals surface area contributed by atoms with Crippen LogP contribution < -0.4 is 5.73 Å². The molecule has 0 atom stereocenters. The van der Waals surface area contributed by atoms with Crippen molar-refractivity contribution in [3.05, 3.63) is 78.1 Å². The van der Waals surface area contributed by atoms with Crippen LogP contribution in [0, 0.1) is 0 Å². The van der Waals surface area contributed by atoms with Crippen LogP contribution in [-0.4, -0.2) is 35.7 Å². The van der Waals surface area contributed by atoms with Crippen molar-refractivity contribution in [3.8, 4) is 16.9 Å². The highest BCUT2D eigenvalue weighted by Crippen LogP contribution is 2.21. The molecule has 0 aliphatic heterocycles. The average molecular weight is 399 g/mol. The topological polar surface area (TPSA) is 112 Å². The smallest absolute Gasteiger partial charge is 0.189 e. The normalized spacial score (nSPS) is 10.8. The molecule has 1 aromatic carbocycles. The van der Waals surface area contributed by atoms with E-state index < -0.39 is 0 Å². The summed E-state index contributed by atoms with van der Waals surface area (Å²) in [6.07, 6.45) is 10.3. The van der Waals surface area contributed by atoms with Crippen molar-refractivity contribution < 1.29 is 4.79 Å². The van der Waals surface area contributed by atoms with Crippen molar-refractivity contribution in [1.29, 1.82) is 0 Å². The van der Waals surface area contributed by atoms with Crippen LogP contribution in [0.15, 0.2) is 61.3 Å². The van der Waals surface area contributed by atoms with Crippen molar-refractivity contribution in [2.75, 3.05) is 5.73 Å². The third kappa shape index (κ3) is 4.07. The Bertz CT molecular complexity index is 1150. The Morgan fingerprint density at radius 3 is 2.67 bits per heavy atom. The molecule has 0 aliphatic rings. The van der Waals surface area contributed by atoms with Gasteiger partial charge in [-0.1, -0.05) is 42.8 Å². The number of nitrogens with two attached hydrogens (primary N) is 1. The molecule has 0 radical (unpaired) electrons. The highest BCUT2D eigenvalue weighted by molar-refractivity contribution is 6.00. The predicted molar refractivity (Wildman–Crippen MR) is 113 cm³/mol. The first-order valence-electron chi connectivity index (χ1n) is 9.70. The van der Waals surface area contributed by atoms with Gasteiger partial charge >= 0.3 is 0 Å². The summed E-state index contributed by atoms with van der Waals surface area (Å²) in [7, 11) is 0. The Hall–Kier alpha value is -3.94. The molecule has 0 aliphatic carbocycles. The van der Waals surface area contributed by atoms with Gasteiger partial charge in [0.15, 0.2) is 11.6 Å². The molecule has 150 valence electrons. The molecular weight excluding hydrogens is 378 g/mol. The molecule has 0 bridgehead atoms. The third-order valence-corrected chi connectivity index (χ3v) is 4.75. The van der Waals surface area contributed by atoms with Crippen molar-refractivity contribution in [1.82, 2.24) is 29.9 Å². The van der Waals surface area contributed by atoms with Gasteiger partial charge in [-0.25, -0.2) is 14.6 Å². The summed E-state index contributed by atoms with van der Waals surface area (Å²) >= 11 is 0. The Morgan fingerprint density at radius 1 is 1.10 bits per heavy atom. The fourth-order valence-electron chi connectivity index (χ4n) is 3.25. The summed E-state index contributed by atoms with van der Waals surface area (Å²) in [6.45, 7) is 2.15. The van der Waals surface area contributed by atoms with Gasteiger partial charge < -0.3 is 5.73 Å². The molecule has 3 aromatic heterocycles. The van der Waals surface area contributed by atoms with E-state index in [0.29, 0.717) is 11.3 Å². The molecule has 4 rings (SSSR count). The van der Waals surface area contributed by atoms with Crippen LogP contribution in [0.3, 0.4) is 0 Å². The Morgan fingerprint density at radius 2 is 1.93 bits per heavy atom. The second kappa shape index (κ2) is 8.60. The van der Waals surface area contributed by atoms with E-state index in [1.807, 2.05) is 12.1 Å². The molecular formula is C22H21N7O. The minimum atomic E-state index is -0.237. The number of anilines is 1. The lowest BCUT2D eigenvalue weighted by Crippen LogP contribution is -2.13. The first-order valence-corrected chi connectivity index (χ1v) is 9.70. The molecule has 0 spiro atoms. The minimum absolute atomic E-state index is 0.0702. The lowest BCUT2D eigenvalue weighted by molar-refractivity contribution is 0.0988. The zero-order chi connectivity index (χ0) is 20.9. The third-order valence-electron chi connectivity index (χ3n) is 4.75. The van der Waals surface area contributed by atoms with Gasteiger partial charge in [-0.3, -0.25) is 9.78 Å². The zero-order valence-electron chi connectivity index (χ0n) is 16.6. The quantitative estimate of drug-likeness (QED) is 0.475. The zero-order valence-corrected chi connectivity index (χ0v) is 16.6. The van der Waals surface area contributed by atoms with Crippen LogP contribution in [0.25, 0.3) is 16.9 Å². The van der Waals surface area contributed by atoms with Gasteiger partial charge in [-0.2, -0.15) is 0 Å². The monoisotopic (exact) mass is 399 g/mol. The molecule has 0 amide bonds. The number of carbonyl (C=O) groups excluding carboxylic acids is 1. The number of benzene rings is 1. The number of ketones is 1. The number of aryl methyl sites for hydroxylation is 1. The molecule has 4 aromatic rings. The Kier molecular flexibility index (Phi) is 5.56. The summed E-state index contributed by atoms with van der Waals surface area (Å²) in [5.41, 5.74) is 10.3. The number of pyridine rings is 1. The molecule has 0 saturated carbocycles. The standard InChI is InChI=1S/C22H21N7O/c1-2-3-15-4-6-16(7-5-15)18-14-25-22(23)21(27-18)20(30)12-17-13-24-9-8-19(17)29-11-10-26-28-29/h4-11,13-14H,2-3,12H2,1H3,(H2,23,25). The van der Waals surface area contributed by atoms with Crippen molar-refractivity contribution in [2.45, 2.75) is 26.2 Å². The molecule has 8 heteroatoms. The molecule has 0 saturated heterocycles. The number of hydrogen-bond donors (Lipinski definition) is 1. The van der Waals surface area contributed by atoms with Crippen molar-refractivity contribution in [2.24, 2.45) is 0 Å². The van der Waals surface area contributed by atoms with Crippen LogP contribution in [0.5, 0.6) is 0 Å². The average Bonchev–Trinajstić information content (AvgIpc) is 3.30. The molecule has 2 N–H and O–H groups in total. The van der Waals surface area contributed by atoms with Crippen LogP contribution in [0.1, 0.15) is 35.0 Å². The lowest BCUT2D eigenvalue weighted by Gasteiger charge is -2.10. The molecule has 3 heterocycles. The molecule has 8 nitrogen and oxygen atoms in total. The lowest BCUT2D eigenvalue weighted by atomic mass is 10.0. The maximum atomic E-state index is 13.0. The maximum absolute atomic E-state index is 13.0. The summed E-state index contributed by atoms with van der Waals surface area (Å²) in [5.74, 6) is -0.128. The first-order chi connectivity index (χ1) is 14.7. The van der Waals surface area contributed by atoms with E-state index in [1.54, 1.807) is 41.7 Å². The first kappa shape index (κ1) is 19.4. The number of carbonyl (C=O) groups is 1. The number of hydrogen-bond acceptors (Lipinski definition) is 7. The molecule has 0 fully saturated rings. The van der Waals surface area contributed by atoms with Gasteiger partial charge in [0.1, 0.15) is 5.69 Å². The van der Waals surface area contributed by atoms with E-state index in [2.05, 4.69) is 44.3 Å². The fourth-order valence-corrected chi connectivity index (χ4v) is 3.25. The van der Waals surface area contributed by atoms with Gasteiger partial charge in [0.25, 0.3) is 0 Å². The van der Waals surface area contributed by atoms with Gasteiger partial charge in [0.2, 0.25) is 0 Å². The maximum Gasteiger partial charge on any atom is 0.189 e. The van der Waals surface area contributed by atoms with Crippen LogP contribution >= 0.6 is 0 Å². The number of rotatable bonds is 7. The largest absolute Gasteiger partial charge is 0.382 e. The summed E-state index contributed by atoms with van der Waals surface area (Å²) in [6, 6.07) is 9.89. The van der Waals surface area contributed by atoms with Gasteiger partial charge in [-0.05, 0) is 18.1 Å².